The van der Waals surface area contributed by atoms with Crippen LogP contribution in [0.4, 0.5) is 0 Å². The van der Waals surface area contributed by atoms with Crippen LogP contribution in [0.5, 0.6) is 0 Å². The second-order valence-corrected chi connectivity index (χ2v) is 8.22. The van der Waals surface area contributed by atoms with Crippen LogP contribution in [0, 0.1) is 12.3 Å². The van der Waals surface area contributed by atoms with E-state index in [-0.39, 0.29) is 0 Å². The number of aryl methyl sites for hydroxylation is 2. The van der Waals surface area contributed by atoms with Crippen molar-refractivity contribution in [3.05, 3.63) is 20.3 Å². The SMILES string of the molecule is Cc1cc(CCC2(CCN)CCCCC2)sc1Br. The Morgan fingerprint density at radius 1 is 1.28 bits per heavy atom. The van der Waals surface area contributed by atoms with Crippen molar-refractivity contribution in [2.24, 2.45) is 11.1 Å². The molecule has 2 rings (SSSR count). The summed E-state index contributed by atoms with van der Waals surface area (Å²) in [4.78, 5) is 1.53. The molecule has 0 aromatic carbocycles. The fraction of sp³-hybridized carbons (Fsp3) is 0.733. The maximum atomic E-state index is 5.84. The maximum absolute atomic E-state index is 5.84. The third-order valence-corrected chi connectivity index (χ3v) is 6.60. The summed E-state index contributed by atoms with van der Waals surface area (Å²) in [6.07, 6.45) is 10.8. The first-order valence-corrected chi connectivity index (χ1v) is 8.71. The Morgan fingerprint density at radius 3 is 2.56 bits per heavy atom. The lowest BCUT2D eigenvalue weighted by molar-refractivity contribution is 0.161. The average molecular weight is 330 g/mol. The highest BCUT2D eigenvalue weighted by atomic mass is 79.9. The van der Waals surface area contributed by atoms with Crippen LogP contribution in [0.2, 0.25) is 0 Å². The van der Waals surface area contributed by atoms with Gasteiger partial charge in [-0.25, -0.2) is 0 Å². The molecule has 1 aromatic rings. The summed E-state index contributed by atoms with van der Waals surface area (Å²) < 4.78 is 1.30. The lowest BCUT2D eigenvalue weighted by atomic mass is 9.69. The van der Waals surface area contributed by atoms with E-state index in [2.05, 4.69) is 28.9 Å². The van der Waals surface area contributed by atoms with Gasteiger partial charge in [-0.2, -0.15) is 0 Å². The summed E-state index contributed by atoms with van der Waals surface area (Å²) in [5.74, 6) is 0. The second-order valence-electron chi connectivity index (χ2n) is 5.77. The summed E-state index contributed by atoms with van der Waals surface area (Å²) >= 11 is 5.53. The zero-order valence-corrected chi connectivity index (χ0v) is 13.7. The van der Waals surface area contributed by atoms with Gasteiger partial charge in [-0.15, -0.1) is 11.3 Å². The molecule has 3 heteroatoms. The zero-order chi connectivity index (χ0) is 13.0. The highest BCUT2D eigenvalue weighted by molar-refractivity contribution is 9.11. The van der Waals surface area contributed by atoms with Crippen molar-refractivity contribution in [1.82, 2.24) is 0 Å². The molecule has 1 heterocycles. The first kappa shape index (κ1) is 14.5. The molecule has 0 spiro atoms. The van der Waals surface area contributed by atoms with Crippen LogP contribution in [0.15, 0.2) is 9.85 Å². The van der Waals surface area contributed by atoms with E-state index in [1.54, 1.807) is 0 Å². The van der Waals surface area contributed by atoms with Gasteiger partial charge in [-0.3, -0.25) is 0 Å². The summed E-state index contributed by atoms with van der Waals surface area (Å²) in [5.41, 5.74) is 7.77. The van der Waals surface area contributed by atoms with E-state index in [0.29, 0.717) is 5.41 Å². The molecule has 0 atom stereocenters. The van der Waals surface area contributed by atoms with E-state index in [1.807, 2.05) is 11.3 Å². The number of hydrogen-bond acceptors (Lipinski definition) is 2. The molecule has 1 aliphatic carbocycles. The van der Waals surface area contributed by atoms with Gasteiger partial charge in [-0.05, 0) is 78.5 Å². The summed E-state index contributed by atoms with van der Waals surface area (Å²) in [5, 5.41) is 0. The van der Waals surface area contributed by atoms with Crippen LogP contribution >= 0.6 is 27.3 Å². The van der Waals surface area contributed by atoms with Gasteiger partial charge in [0.2, 0.25) is 0 Å². The molecule has 18 heavy (non-hydrogen) atoms. The lowest BCUT2D eigenvalue weighted by Crippen LogP contribution is -2.27. The Labute approximate surface area is 123 Å². The maximum Gasteiger partial charge on any atom is 0.0730 e. The van der Waals surface area contributed by atoms with Gasteiger partial charge in [0.1, 0.15) is 0 Å². The quantitative estimate of drug-likeness (QED) is 0.803. The Morgan fingerprint density at radius 2 is 2.00 bits per heavy atom. The van der Waals surface area contributed by atoms with Crippen molar-refractivity contribution >= 4 is 27.3 Å². The Balaban J connectivity index is 1.96. The van der Waals surface area contributed by atoms with Crippen molar-refractivity contribution in [3.63, 3.8) is 0 Å². The smallest absolute Gasteiger partial charge is 0.0730 e. The Kier molecular flexibility index (Phi) is 5.28. The van der Waals surface area contributed by atoms with Crippen molar-refractivity contribution in [3.8, 4) is 0 Å². The van der Waals surface area contributed by atoms with Crippen LogP contribution in [0.3, 0.4) is 0 Å². The van der Waals surface area contributed by atoms with E-state index < -0.39 is 0 Å². The molecule has 0 radical (unpaired) electrons. The highest BCUT2D eigenvalue weighted by Crippen LogP contribution is 2.43. The third kappa shape index (κ3) is 3.58. The van der Waals surface area contributed by atoms with Crippen molar-refractivity contribution in [2.75, 3.05) is 6.54 Å². The highest BCUT2D eigenvalue weighted by Gasteiger charge is 2.30. The Bertz CT molecular complexity index is 355. The van der Waals surface area contributed by atoms with Gasteiger partial charge in [-0.1, -0.05) is 19.3 Å². The molecule has 1 nitrogen and oxygen atoms in total. The van der Waals surface area contributed by atoms with Crippen LogP contribution in [0.25, 0.3) is 0 Å². The van der Waals surface area contributed by atoms with Gasteiger partial charge in [0.25, 0.3) is 0 Å². The third-order valence-electron chi connectivity index (χ3n) is 4.40. The van der Waals surface area contributed by atoms with Gasteiger partial charge in [0.15, 0.2) is 0 Å². The summed E-state index contributed by atoms with van der Waals surface area (Å²) in [6.45, 7) is 3.04. The minimum absolute atomic E-state index is 0.553. The number of hydrogen-bond donors (Lipinski definition) is 1. The first-order chi connectivity index (χ1) is 8.65. The van der Waals surface area contributed by atoms with Crippen molar-refractivity contribution in [2.45, 2.75) is 58.3 Å². The molecule has 0 saturated heterocycles. The van der Waals surface area contributed by atoms with Gasteiger partial charge in [0, 0.05) is 4.88 Å². The molecule has 1 aromatic heterocycles. The first-order valence-electron chi connectivity index (χ1n) is 7.10. The standard InChI is InChI=1S/C15H24BrNS/c1-12-11-13(18-14(12)16)5-8-15(9-10-17)6-3-2-4-7-15/h11H,2-10,17H2,1H3. The largest absolute Gasteiger partial charge is 0.330 e. The van der Waals surface area contributed by atoms with Crippen molar-refractivity contribution < 1.29 is 0 Å². The summed E-state index contributed by atoms with van der Waals surface area (Å²) in [7, 11) is 0. The van der Waals surface area contributed by atoms with Gasteiger partial charge in [0.05, 0.1) is 3.79 Å². The lowest BCUT2D eigenvalue weighted by Gasteiger charge is -2.37. The predicted molar refractivity (Wildman–Crippen MR) is 84.3 cm³/mol. The van der Waals surface area contributed by atoms with E-state index >= 15 is 0 Å². The second kappa shape index (κ2) is 6.53. The zero-order valence-electron chi connectivity index (χ0n) is 11.3. The number of rotatable bonds is 5. The molecule has 1 aliphatic rings. The van der Waals surface area contributed by atoms with Gasteiger partial charge >= 0.3 is 0 Å². The molecule has 0 aliphatic heterocycles. The number of halogens is 1. The normalized spacial score (nSPS) is 19.1. The molecular formula is C15H24BrNS. The monoisotopic (exact) mass is 329 g/mol. The molecule has 0 bridgehead atoms. The minimum atomic E-state index is 0.553. The van der Waals surface area contributed by atoms with Crippen LogP contribution in [-0.4, -0.2) is 6.54 Å². The molecular weight excluding hydrogens is 306 g/mol. The molecule has 102 valence electrons. The van der Waals surface area contributed by atoms with Crippen LogP contribution in [-0.2, 0) is 6.42 Å². The number of nitrogens with two attached hydrogens (primary N) is 1. The fourth-order valence-electron chi connectivity index (χ4n) is 3.27. The fourth-order valence-corrected chi connectivity index (χ4v) is 4.90. The number of thiophene rings is 1. The Hall–Kier alpha value is 0.140. The van der Waals surface area contributed by atoms with Crippen LogP contribution in [0.1, 0.15) is 55.4 Å². The van der Waals surface area contributed by atoms with Crippen molar-refractivity contribution in [1.29, 1.82) is 0 Å². The molecule has 1 saturated carbocycles. The minimum Gasteiger partial charge on any atom is -0.330 e. The topological polar surface area (TPSA) is 26.0 Å². The average Bonchev–Trinajstić information content (AvgIpc) is 2.68. The van der Waals surface area contributed by atoms with Crippen LogP contribution < -0.4 is 5.73 Å². The van der Waals surface area contributed by atoms with Gasteiger partial charge < -0.3 is 5.73 Å². The van der Waals surface area contributed by atoms with E-state index in [4.69, 9.17) is 5.73 Å². The molecule has 2 N–H and O–H groups in total. The van der Waals surface area contributed by atoms with E-state index in [9.17, 15) is 0 Å². The molecule has 0 amide bonds. The molecule has 1 fully saturated rings. The summed E-state index contributed by atoms with van der Waals surface area (Å²) in [6, 6.07) is 2.34. The van der Waals surface area contributed by atoms with E-state index in [1.165, 1.54) is 65.6 Å². The van der Waals surface area contributed by atoms with E-state index in [0.717, 1.165) is 6.54 Å². The predicted octanol–water partition coefficient (Wildman–Crippen LogP) is 5.05. The molecule has 0 unspecified atom stereocenters.